The van der Waals surface area contributed by atoms with E-state index in [4.69, 9.17) is 0 Å². The molecule has 1 rings (SSSR count). The van der Waals surface area contributed by atoms with Gasteiger partial charge in [0.05, 0.1) is 0 Å². The van der Waals surface area contributed by atoms with E-state index >= 15 is 0 Å². The molecule has 1 aromatic rings. The van der Waals surface area contributed by atoms with Crippen molar-refractivity contribution in [2.24, 2.45) is 0 Å². The van der Waals surface area contributed by atoms with Gasteiger partial charge in [-0.1, -0.05) is 6.92 Å². The summed E-state index contributed by atoms with van der Waals surface area (Å²) in [7, 11) is 0. The van der Waals surface area contributed by atoms with E-state index in [1.807, 2.05) is 24.5 Å². The first-order valence-corrected chi connectivity index (χ1v) is 3.98. The molecule has 0 aliphatic carbocycles. The number of hydrogen-bond acceptors (Lipinski definition) is 2. The van der Waals surface area contributed by atoms with Crippen LogP contribution in [0.4, 0.5) is 0 Å². The first-order chi connectivity index (χ1) is 5.34. The van der Waals surface area contributed by atoms with Gasteiger partial charge in [-0.15, -0.1) is 24.8 Å². The summed E-state index contributed by atoms with van der Waals surface area (Å²) in [5, 5.41) is 3.33. The molecule has 0 aliphatic heterocycles. The SMILES string of the molecule is CCNC(C)c1ccncc1.Cl.Cl. The van der Waals surface area contributed by atoms with E-state index in [2.05, 4.69) is 24.1 Å². The minimum Gasteiger partial charge on any atom is -0.310 e. The molecule has 0 saturated heterocycles. The van der Waals surface area contributed by atoms with Crippen molar-refractivity contribution in [1.82, 2.24) is 10.3 Å². The van der Waals surface area contributed by atoms with Gasteiger partial charge in [-0.2, -0.15) is 0 Å². The zero-order valence-electron chi connectivity index (χ0n) is 7.86. The van der Waals surface area contributed by atoms with Crippen molar-refractivity contribution in [3.63, 3.8) is 0 Å². The molecule has 1 aromatic heterocycles. The van der Waals surface area contributed by atoms with Crippen molar-refractivity contribution in [3.8, 4) is 0 Å². The molecular formula is C9H16Cl2N2. The van der Waals surface area contributed by atoms with Crippen molar-refractivity contribution in [2.75, 3.05) is 6.54 Å². The summed E-state index contributed by atoms with van der Waals surface area (Å²) >= 11 is 0. The molecule has 1 atom stereocenters. The van der Waals surface area contributed by atoms with E-state index in [1.165, 1.54) is 5.56 Å². The zero-order valence-corrected chi connectivity index (χ0v) is 9.49. The Bertz CT molecular complexity index is 204. The number of nitrogens with one attached hydrogen (secondary N) is 1. The van der Waals surface area contributed by atoms with Crippen molar-refractivity contribution in [1.29, 1.82) is 0 Å². The lowest BCUT2D eigenvalue weighted by Gasteiger charge is -2.11. The predicted molar refractivity (Wildman–Crippen MR) is 60.8 cm³/mol. The summed E-state index contributed by atoms with van der Waals surface area (Å²) in [6.07, 6.45) is 3.65. The van der Waals surface area contributed by atoms with E-state index in [0.29, 0.717) is 6.04 Å². The number of aromatic nitrogens is 1. The van der Waals surface area contributed by atoms with Crippen molar-refractivity contribution < 1.29 is 0 Å². The number of halogens is 2. The molecule has 1 heterocycles. The molecule has 1 N–H and O–H groups in total. The molecule has 0 aromatic carbocycles. The van der Waals surface area contributed by atoms with Crippen LogP contribution in [-0.2, 0) is 0 Å². The van der Waals surface area contributed by atoms with Crippen LogP contribution in [0, 0.1) is 0 Å². The number of nitrogens with zero attached hydrogens (tertiary/aromatic N) is 1. The third-order valence-electron chi connectivity index (χ3n) is 1.72. The van der Waals surface area contributed by atoms with E-state index in [1.54, 1.807) is 0 Å². The highest BCUT2D eigenvalue weighted by Crippen LogP contribution is 2.08. The molecule has 76 valence electrons. The molecule has 4 heteroatoms. The molecular weight excluding hydrogens is 207 g/mol. The topological polar surface area (TPSA) is 24.9 Å². The first-order valence-electron chi connectivity index (χ1n) is 3.98. The van der Waals surface area contributed by atoms with E-state index in [0.717, 1.165) is 6.54 Å². The largest absolute Gasteiger partial charge is 0.310 e. The lowest BCUT2D eigenvalue weighted by Crippen LogP contribution is -2.17. The van der Waals surface area contributed by atoms with Gasteiger partial charge in [0.1, 0.15) is 0 Å². The van der Waals surface area contributed by atoms with Gasteiger partial charge in [0, 0.05) is 18.4 Å². The molecule has 0 radical (unpaired) electrons. The molecule has 13 heavy (non-hydrogen) atoms. The van der Waals surface area contributed by atoms with Crippen LogP contribution in [0.5, 0.6) is 0 Å². The molecule has 0 bridgehead atoms. The van der Waals surface area contributed by atoms with Gasteiger partial charge >= 0.3 is 0 Å². The summed E-state index contributed by atoms with van der Waals surface area (Å²) in [4.78, 5) is 3.96. The van der Waals surface area contributed by atoms with E-state index in [9.17, 15) is 0 Å². The smallest absolute Gasteiger partial charge is 0.0292 e. The Hall–Kier alpha value is -0.310. The van der Waals surface area contributed by atoms with E-state index < -0.39 is 0 Å². The van der Waals surface area contributed by atoms with Gasteiger partial charge < -0.3 is 5.32 Å². The molecule has 1 unspecified atom stereocenters. The summed E-state index contributed by atoms with van der Waals surface area (Å²) < 4.78 is 0. The fourth-order valence-electron chi connectivity index (χ4n) is 1.08. The zero-order chi connectivity index (χ0) is 8.10. The minimum absolute atomic E-state index is 0. The predicted octanol–water partition coefficient (Wildman–Crippen LogP) is 2.60. The maximum absolute atomic E-state index is 3.96. The summed E-state index contributed by atoms with van der Waals surface area (Å²) in [5.74, 6) is 0. The molecule has 0 aliphatic rings. The molecule has 2 nitrogen and oxygen atoms in total. The molecule has 0 fully saturated rings. The molecule has 0 saturated carbocycles. The Morgan fingerprint density at radius 1 is 1.31 bits per heavy atom. The average molecular weight is 223 g/mol. The highest BCUT2D eigenvalue weighted by molar-refractivity contribution is 5.85. The lowest BCUT2D eigenvalue weighted by atomic mass is 10.1. The van der Waals surface area contributed by atoms with Crippen LogP contribution in [0.3, 0.4) is 0 Å². The quantitative estimate of drug-likeness (QED) is 0.851. The standard InChI is InChI=1S/C9H14N2.2ClH/c1-3-11-8(2)9-4-6-10-7-5-9;;/h4-8,11H,3H2,1-2H3;2*1H. The third kappa shape index (κ3) is 5.09. The van der Waals surface area contributed by atoms with Crippen molar-refractivity contribution in [3.05, 3.63) is 30.1 Å². The van der Waals surface area contributed by atoms with Crippen LogP contribution in [0.25, 0.3) is 0 Å². The fraction of sp³-hybridized carbons (Fsp3) is 0.444. The van der Waals surface area contributed by atoms with Crippen LogP contribution in [0.15, 0.2) is 24.5 Å². The number of pyridine rings is 1. The highest BCUT2D eigenvalue weighted by atomic mass is 35.5. The van der Waals surface area contributed by atoms with Crippen LogP contribution in [0.1, 0.15) is 25.5 Å². The van der Waals surface area contributed by atoms with Crippen LogP contribution in [0.2, 0.25) is 0 Å². The third-order valence-corrected chi connectivity index (χ3v) is 1.72. The number of rotatable bonds is 3. The molecule has 0 spiro atoms. The second-order valence-electron chi connectivity index (χ2n) is 2.56. The number of hydrogen-bond donors (Lipinski definition) is 1. The minimum atomic E-state index is 0. The fourth-order valence-corrected chi connectivity index (χ4v) is 1.08. The van der Waals surface area contributed by atoms with Gasteiger partial charge in [0.2, 0.25) is 0 Å². The van der Waals surface area contributed by atoms with Gasteiger partial charge in [-0.05, 0) is 31.2 Å². The van der Waals surface area contributed by atoms with Gasteiger partial charge in [0.15, 0.2) is 0 Å². The van der Waals surface area contributed by atoms with Gasteiger partial charge in [-0.25, -0.2) is 0 Å². The second kappa shape index (κ2) is 8.30. The summed E-state index contributed by atoms with van der Waals surface area (Å²) in [5.41, 5.74) is 1.29. The maximum Gasteiger partial charge on any atom is 0.0292 e. The lowest BCUT2D eigenvalue weighted by molar-refractivity contribution is 0.597. The summed E-state index contributed by atoms with van der Waals surface area (Å²) in [6, 6.07) is 4.50. The molecule has 0 amide bonds. The van der Waals surface area contributed by atoms with E-state index in [-0.39, 0.29) is 24.8 Å². The highest BCUT2D eigenvalue weighted by Gasteiger charge is 2.00. The average Bonchev–Trinajstić information content (AvgIpc) is 2.07. The van der Waals surface area contributed by atoms with Gasteiger partial charge in [0.25, 0.3) is 0 Å². The maximum atomic E-state index is 3.96. The van der Waals surface area contributed by atoms with Crippen LogP contribution in [-0.4, -0.2) is 11.5 Å². The Balaban J connectivity index is 0. The van der Waals surface area contributed by atoms with Gasteiger partial charge in [-0.3, -0.25) is 4.98 Å². The Labute approximate surface area is 92.0 Å². The van der Waals surface area contributed by atoms with Crippen molar-refractivity contribution >= 4 is 24.8 Å². The van der Waals surface area contributed by atoms with Crippen LogP contribution < -0.4 is 5.32 Å². The first kappa shape index (κ1) is 15.2. The summed E-state index contributed by atoms with van der Waals surface area (Å²) in [6.45, 7) is 5.26. The van der Waals surface area contributed by atoms with Crippen molar-refractivity contribution in [2.45, 2.75) is 19.9 Å². The Morgan fingerprint density at radius 3 is 2.31 bits per heavy atom. The second-order valence-corrected chi connectivity index (χ2v) is 2.56. The monoisotopic (exact) mass is 222 g/mol. The van der Waals surface area contributed by atoms with Crippen LogP contribution >= 0.6 is 24.8 Å². The Morgan fingerprint density at radius 2 is 1.85 bits per heavy atom. The Kier molecular flexibility index (Phi) is 9.68. The normalized spacial score (nSPS) is 10.9.